The molecule has 0 bridgehead atoms. The highest BCUT2D eigenvalue weighted by molar-refractivity contribution is 7.89. The van der Waals surface area contributed by atoms with Crippen molar-refractivity contribution < 1.29 is 13.2 Å². The first-order chi connectivity index (χ1) is 16.0. The van der Waals surface area contributed by atoms with Gasteiger partial charge in [-0.15, -0.1) is 0 Å². The first-order valence-electron chi connectivity index (χ1n) is 11.5. The quantitative estimate of drug-likeness (QED) is 0.470. The van der Waals surface area contributed by atoms with Gasteiger partial charge >= 0.3 is 0 Å². The summed E-state index contributed by atoms with van der Waals surface area (Å²) in [5.74, 6) is 0.0913. The van der Waals surface area contributed by atoms with Gasteiger partial charge in [0.1, 0.15) is 5.82 Å². The van der Waals surface area contributed by atoms with Crippen LogP contribution in [0.1, 0.15) is 51.8 Å². The lowest BCUT2D eigenvalue weighted by Crippen LogP contribution is -2.38. The molecule has 1 aromatic heterocycles. The third kappa shape index (κ3) is 6.12. The summed E-state index contributed by atoms with van der Waals surface area (Å²) in [5, 5.41) is 7.60. The lowest BCUT2D eigenvalue weighted by Gasteiger charge is -2.22. The van der Waals surface area contributed by atoms with Crippen molar-refractivity contribution in [1.29, 1.82) is 0 Å². The number of benzene rings is 2. The number of para-hydroxylation sites is 1. The van der Waals surface area contributed by atoms with E-state index in [4.69, 9.17) is 5.10 Å². The van der Waals surface area contributed by atoms with Crippen LogP contribution < -0.4 is 5.32 Å². The molecule has 2 aromatic carbocycles. The molecule has 3 rings (SSSR count). The zero-order valence-corrected chi connectivity index (χ0v) is 21.4. The van der Waals surface area contributed by atoms with Gasteiger partial charge in [0, 0.05) is 18.0 Å². The molecule has 0 unspecified atom stereocenters. The number of hydrogen-bond donors (Lipinski definition) is 1. The summed E-state index contributed by atoms with van der Waals surface area (Å²) in [4.78, 5) is 13.3. The summed E-state index contributed by atoms with van der Waals surface area (Å²) >= 11 is 0. The molecular weight excluding hydrogens is 448 g/mol. The van der Waals surface area contributed by atoms with E-state index in [0.29, 0.717) is 12.2 Å². The molecule has 0 saturated heterocycles. The lowest BCUT2D eigenvalue weighted by molar-refractivity contribution is -0.116. The van der Waals surface area contributed by atoms with Gasteiger partial charge in [0.15, 0.2) is 0 Å². The van der Waals surface area contributed by atoms with E-state index in [0.717, 1.165) is 23.4 Å². The fraction of sp³-hybridized carbons (Fsp3) is 0.385. The predicted molar refractivity (Wildman–Crippen MR) is 136 cm³/mol. The molecule has 1 N–H and O–H groups in total. The zero-order chi connectivity index (χ0) is 24.9. The normalized spacial score (nSPS) is 12.2. The van der Waals surface area contributed by atoms with Gasteiger partial charge in [-0.2, -0.15) is 9.40 Å². The maximum absolute atomic E-state index is 13.3. The van der Waals surface area contributed by atoms with Crippen molar-refractivity contribution in [3.63, 3.8) is 0 Å². The summed E-state index contributed by atoms with van der Waals surface area (Å²) in [6, 6.07) is 18.1. The van der Waals surface area contributed by atoms with Crippen LogP contribution in [-0.2, 0) is 20.2 Å². The number of unbranched alkanes of at least 4 members (excludes halogenated alkanes) is 1. The molecule has 0 atom stereocenters. The summed E-state index contributed by atoms with van der Waals surface area (Å²) in [6.07, 6.45) is 1.48. The minimum atomic E-state index is -3.81. The molecule has 3 aromatic rings. The summed E-state index contributed by atoms with van der Waals surface area (Å²) < 4.78 is 29.5. The number of carbonyl (C=O) groups is 1. The van der Waals surface area contributed by atoms with Gasteiger partial charge in [-0.05, 0) is 37.6 Å². The fourth-order valence-electron chi connectivity index (χ4n) is 3.42. The monoisotopic (exact) mass is 482 g/mol. The van der Waals surface area contributed by atoms with Gasteiger partial charge < -0.3 is 5.32 Å². The highest BCUT2D eigenvalue weighted by Gasteiger charge is 2.27. The molecule has 0 spiro atoms. The van der Waals surface area contributed by atoms with Crippen LogP contribution >= 0.6 is 0 Å². The second-order valence-electron chi connectivity index (χ2n) is 9.47. The Morgan fingerprint density at radius 2 is 1.71 bits per heavy atom. The van der Waals surface area contributed by atoms with E-state index in [1.54, 1.807) is 28.9 Å². The number of anilines is 1. The molecule has 1 amide bonds. The number of carbonyl (C=O) groups excluding carboxylic acids is 1. The number of nitrogens with one attached hydrogen (secondary N) is 1. The fourth-order valence-corrected chi connectivity index (χ4v) is 4.86. The Hall–Kier alpha value is -2.97. The molecule has 182 valence electrons. The highest BCUT2D eigenvalue weighted by atomic mass is 32.2. The van der Waals surface area contributed by atoms with Crippen molar-refractivity contribution in [3.05, 3.63) is 71.9 Å². The van der Waals surface area contributed by atoms with Crippen LogP contribution in [-0.4, -0.2) is 41.5 Å². The Balaban J connectivity index is 1.88. The van der Waals surface area contributed by atoms with E-state index in [2.05, 4.69) is 26.1 Å². The van der Waals surface area contributed by atoms with Crippen LogP contribution in [0.2, 0.25) is 0 Å². The van der Waals surface area contributed by atoms with Crippen LogP contribution in [0.15, 0.2) is 65.6 Å². The SMILES string of the molecule is CCCCN(CC(=O)Nc1cc(C(C)(C)C)nn1-c1ccccc1)S(=O)(=O)c1ccc(C)cc1. The average Bonchev–Trinajstić information content (AvgIpc) is 3.21. The average molecular weight is 483 g/mol. The van der Waals surface area contributed by atoms with Crippen LogP contribution in [0.3, 0.4) is 0 Å². The Kier molecular flexibility index (Phi) is 7.94. The number of aryl methyl sites for hydroxylation is 1. The van der Waals surface area contributed by atoms with Crippen molar-refractivity contribution in [3.8, 4) is 5.69 Å². The Morgan fingerprint density at radius 1 is 1.06 bits per heavy atom. The number of nitrogens with zero attached hydrogens (tertiary/aromatic N) is 3. The van der Waals surface area contributed by atoms with Crippen LogP contribution in [0, 0.1) is 6.92 Å². The zero-order valence-electron chi connectivity index (χ0n) is 20.6. The van der Waals surface area contributed by atoms with Crippen molar-refractivity contribution in [1.82, 2.24) is 14.1 Å². The maximum Gasteiger partial charge on any atom is 0.243 e. The molecule has 7 nitrogen and oxygen atoms in total. The number of hydrogen-bond acceptors (Lipinski definition) is 4. The minimum absolute atomic E-state index is 0.186. The standard InChI is InChI=1S/C26H34N4O3S/c1-6-7-17-29(34(32,33)22-15-13-20(2)14-16-22)19-25(31)27-24-18-23(26(3,4)5)28-30(24)21-11-9-8-10-12-21/h8-16,18H,6-7,17,19H2,1-5H3,(H,27,31). The lowest BCUT2D eigenvalue weighted by atomic mass is 9.92. The number of amides is 1. The minimum Gasteiger partial charge on any atom is -0.309 e. The summed E-state index contributed by atoms with van der Waals surface area (Å²) in [5.41, 5.74) is 2.38. The number of aromatic nitrogens is 2. The van der Waals surface area contributed by atoms with Crippen LogP contribution in [0.25, 0.3) is 5.69 Å². The Labute approximate surface area is 202 Å². The largest absolute Gasteiger partial charge is 0.309 e. The van der Waals surface area contributed by atoms with E-state index in [1.165, 1.54) is 4.31 Å². The van der Waals surface area contributed by atoms with Gasteiger partial charge in [-0.1, -0.05) is 70.0 Å². The van der Waals surface area contributed by atoms with Crippen LogP contribution in [0.4, 0.5) is 5.82 Å². The second kappa shape index (κ2) is 10.5. The molecule has 34 heavy (non-hydrogen) atoms. The summed E-state index contributed by atoms with van der Waals surface area (Å²) in [7, 11) is -3.81. The van der Waals surface area contributed by atoms with Gasteiger partial charge in [0.2, 0.25) is 15.9 Å². The third-order valence-electron chi connectivity index (χ3n) is 5.49. The topological polar surface area (TPSA) is 84.3 Å². The molecule has 8 heteroatoms. The second-order valence-corrected chi connectivity index (χ2v) is 11.4. The predicted octanol–water partition coefficient (Wildman–Crippen LogP) is 4.91. The van der Waals surface area contributed by atoms with Gasteiger partial charge in [0.25, 0.3) is 0 Å². The van der Waals surface area contributed by atoms with E-state index >= 15 is 0 Å². The number of rotatable bonds is 9. The first kappa shape index (κ1) is 25.6. The Morgan fingerprint density at radius 3 is 2.29 bits per heavy atom. The third-order valence-corrected chi connectivity index (χ3v) is 7.35. The molecule has 0 aliphatic rings. The molecule has 0 radical (unpaired) electrons. The maximum atomic E-state index is 13.3. The summed E-state index contributed by atoms with van der Waals surface area (Å²) in [6.45, 7) is 10.0. The molecular formula is C26H34N4O3S. The number of sulfonamides is 1. The molecule has 0 fully saturated rings. The highest BCUT2D eigenvalue weighted by Crippen LogP contribution is 2.26. The van der Waals surface area contributed by atoms with Crippen LogP contribution in [0.5, 0.6) is 0 Å². The molecule has 1 heterocycles. The van der Waals surface area contributed by atoms with E-state index in [-0.39, 0.29) is 23.4 Å². The first-order valence-corrected chi connectivity index (χ1v) is 13.0. The van der Waals surface area contributed by atoms with Crippen molar-refractivity contribution >= 4 is 21.7 Å². The van der Waals surface area contributed by atoms with Gasteiger partial charge in [0.05, 0.1) is 22.8 Å². The van der Waals surface area contributed by atoms with Gasteiger partial charge in [-0.25, -0.2) is 13.1 Å². The van der Waals surface area contributed by atoms with E-state index in [9.17, 15) is 13.2 Å². The van der Waals surface area contributed by atoms with E-state index < -0.39 is 15.9 Å². The van der Waals surface area contributed by atoms with Crippen molar-refractivity contribution in [2.24, 2.45) is 0 Å². The Bertz CT molecular complexity index is 1210. The van der Waals surface area contributed by atoms with Crippen molar-refractivity contribution in [2.75, 3.05) is 18.4 Å². The van der Waals surface area contributed by atoms with Crippen molar-refractivity contribution in [2.45, 2.75) is 57.8 Å². The van der Waals surface area contributed by atoms with Gasteiger partial charge in [-0.3, -0.25) is 4.79 Å². The van der Waals surface area contributed by atoms with E-state index in [1.807, 2.05) is 50.2 Å². The smallest absolute Gasteiger partial charge is 0.243 e. The molecule has 0 aliphatic carbocycles. The molecule has 0 saturated carbocycles. The molecule has 0 aliphatic heterocycles.